The van der Waals surface area contributed by atoms with Crippen LogP contribution in [0, 0.1) is 0 Å². The summed E-state index contributed by atoms with van der Waals surface area (Å²) >= 11 is 4.93. The molecular weight excluding hydrogens is 168 g/mol. The molecule has 0 aliphatic carbocycles. The minimum absolute atomic E-state index is 0.490. The van der Waals surface area contributed by atoms with E-state index in [1.54, 1.807) is 6.08 Å². The molecule has 0 spiro atoms. The number of para-hydroxylation sites is 1. The van der Waals surface area contributed by atoms with Gasteiger partial charge in [-0.3, -0.25) is 0 Å². The van der Waals surface area contributed by atoms with E-state index in [1.807, 2.05) is 43.3 Å². The topological polar surface area (TPSA) is 9.23 Å². The number of rotatable bonds is 2. The van der Waals surface area contributed by atoms with Crippen molar-refractivity contribution >= 4 is 17.3 Å². The molecule has 0 heterocycles. The number of hydrogen-bond donors (Lipinski definition) is 0. The first-order chi connectivity index (χ1) is 5.83. The molecule has 2 heteroatoms. The second-order valence-electron chi connectivity index (χ2n) is 2.23. The maximum Gasteiger partial charge on any atom is 0.190 e. The van der Waals surface area contributed by atoms with Gasteiger partial charge in [-0.2, -0.15) is 0 Å². The predicted molar refractivity (Wildman–Crippen MR) is 54.5 cm³/mol. The van der Waals surface area contributed by atoms with Crippen molar-refractivity contribution < 1.29 is 4.74 Å². The second-order valence-corrected chi connectivity index (χ2v) is 2.64. The van der Waals surface area contributed by atoms with Crippen LogP contribution in [0.1, 0.15) is 6.92 Å². The highest BCUT2D eigenvalue weighted by Gasteiger charge is 1.92. The molecular formula is C10H10OS. The lowest BCUT2D eigenvalue weighted by Gasteiger charge is -2.01. The number of hydrogen-bond acceptors (Lipinski definition) is 2. The Labute approximate surface area is 77.7 Å². The summed E-state index contributed by atoms with van der Waals surface area (Å²) in [6.07, 6.45) is 3.60. The van der Waals surface area contributed by atoms with Crippen LogP contribution in [0.2, 0.25) is 0 Å². The summed E-state index contributed by atoms with van der Waals surface area (Å²) in [5.41, 5.74) is 0. The highest BCUT2D eigenvalue weighted by atomic mass is 32.1. The van der Waals surface area contributed by atoms with Crippen LogP contribution in [0.15, 0.2) is 42.5 Å². The molecule has 0 aliphatic rings. The van der Waals surface area contributed by atoms with Crippen LogP contribution >= 0.6 is 12.2 Å². The summed E-state index contributed by atoms with van der Waals surface area (Å²) in [6, 6.07) is 9.50. The third-order valence-corrected chi connectivity index (χ3v) is 1.48. The lowest BCUT2D eigenvalue weighted by Crippen LogP contribution is -2.00. The van der Waals surface area contributed by atoms with Crippen molar-refractivity contribution in [3.05, 3.63) is 42.5 Å². The summed E-state index contributed by atoms with van der Waals surface area (Å²) in [5, 5.41) is 0.490. The van der Waals surface area contributed by atoms with Gasteiger partial charge in [0.25, 0.3) is 0 Å². The molecule has 0 radical (unpaired) electrons. The smallest absolute Gasteiger partial charge is 0.190 e. The summed E-state index contributed by atoms with van der Waals surface area (Å²) in [5.74, 6) is 0.778. The van der Waals surface area contributed by atoms with Crippen molar-refractivity contribution in [1.82, 2.24) is 0 Å². The maximum absolute atomic E-state index is 5.30. The van der Waals surface area contributed by atoms with Crippen molar-refractivity contribution in [3.63, 3.8) is 0 Å². The summed E-state index contributed by atoms with van der Waals surface area (Å²) in [7, 11) is 0. The first kappa shape index (κ1) is 8.94. The molecule has 1 rings (SSSR count). The molecule has 0 atom stereocenters. The van der Waals surface area contributed by atoms with Gasteiger partial charge in [-0.1, -0.05) is 24.3 Å². The van der Waals surface area contributed by atoms with Gasteiger partial charge >= 0.3 is 0 Å². The fourth-order valence-electron chi connectivity index (χ4n) is 0.775. The van der Waals surface area contributed by atoms with E-state index in [4.69, 9.17) is 17.0 Å². The molecule has 62 valence electrons. The van der Waals surface area contributed by atoms with E-state index in [0.717, 1.165) is 5.75 Å². The molecule has 0 saturated heterocycles. The maximum atomic E-state index is 5.30. The van der Waals surface area contributed by atoms with E-state index in [9.17, 15) is 0 Å². The van der Waals surface area contributed by atoms with E-state index in [0.29, 0.717) is 5.05 Å². The molecule has 0 fully saturated rings. The molecule has 1 aromatic rings. The zero-order valence-corrected chi connectivity index (χ0v) is 7.67. The van der Waals surface area contributed by atoms with Crippen molar-refractivity contribution in [2.24, 2.45) is 0 Å². The van der Waals surface area contributed by atoms with Crippen LogP contribution in [0.25, 0.3) is 0 Å². The van der Waals surface area contributed by atoms with Gasteiger partial charge in [-0.25, -0.2) is 0 Å². The van der Waals surface area contributed by atoms with Crippen LogP contribution in [-0.2, 0) is 0 Å². The van der Waals surface area contributed by atoms with Gasteiger partial charge in [0, 0.05) is 0 Å². The van der Waals surface area contributed by atoms with Gasteiger partial charge in [-0.05, 0) is 37.4 Å². The number of ether oxygens (including phenoxy) is 1. The van der Waals surface area contributed by atoms with Gasteiger partial charge in [0.1, 0.15) is 5.75 Å². The third-order valence-electron chi connectivity index (χ3n) is 1.26. The highest BCUT2D eigenvalue weighted by molar-refractivity contribution is 7.80. The predicted octanol–water partition coefficient (Wildman–Crippen LogP) is 2.97. The largest absolute Gasteiger partial charge is 0.446 e. The summed E-state index contributed by atoms with van der Waals surface area (Å²) < 4.78 is 5.30. The Bertz CT molecular complexity index is 277. The van der Waals surface area contributed by atoms with Crippen molar-refractivity contribution in [1.29, 1.82) is 0 Å². The van der Waals surface area contributed by atoms with E-state index in [-0.39, 0.29) is 0 Å². The lowest BCUT2D eigenvalue weighted by molar-refractivity contribution is 0.569. The molecule has 1 aromatic carbocycles. The molecule has 0 N–H and O–H groups in total. The first-order valence-corrected chi connectivity index (χ1v) is 4.13. The zero-order valence-electron chi connectivity index (χ0n) is 6.86. The minimum atomic E-state index is 0.490. The third kappa shape index (κ3) is 2.84. The van der Waals surface area contributed by atoms with Crippen LogP contribution in [0.3, 0.4) is 0 Å². The van der Waals surface area contributed by atoms with Gasteiger partial charge in [0.15, 0.2) is 5.05 Å². The molecule has 0 amide bonds. The molecule has 0 bridgehead atoms. The van der Waals surface area contributed by atoms with Gasteiger partial charge in [-0.15, -0.1) is 0 Å². The quantitative estimate of drug-likeness (QED) is 0.508. The Balaban J connectivity index is 2.59. The molecule has 1 nitrogen and oxygen atoms in total. The molecule has 0 aliphatic heterocycles. The Hall–Kier alpha value is -1.15. The van der Waals surface area contributed by atoms with Crippen molar-refractivity contribution in [2.45, 2.75) is 6.92 Å². The average Bonchev–Trinajstić information content (AvgIpc) is 2.06. The van der Waals surface area contributed by atoms with E-state index in [1.165, 1.54) is 0 Å². The average molecular weight is 178 g/mol. The minimum Gasteiger partial charge on any atom is -0.446 e. The van der Waals surface area contributed by atoms with Crippen molar-refractivity contribution in [3.8, 4) is 5.75 Å². The van der Waals surface area contributed by atoms with Gasteiger partial charge in [0.2, 0.25) is 0 Å². The van der Waals surface area contributed by atoms with Gasteiger partial charge < -0.3 is 4.74 Å². The Kier molecular flexibility index (Phi) is 3.48. The fraction of sp³-hybridized carbons (Fsp3) is 0.100. The SMILES string of the molecule is CC=CC(=S)Oc1ccccc1. The number of benzene rings is 1. The van der Waals surface area contributed by atoms with E-state index in [2.05, 4.69) is 0 Å². The van der Waals surface area contributed by atoms with Crippen LogP contribution in [0.5, 0.6) is 5.75 Å². The Morgan fingerprint density at radius 2 is 2.00 bits per heavy atom. The number of allylic oxidation sites excluding steroid dienone is 1. The van der Waals surface area contributed by atoms with Crippen molar-refractivity contribution in [2.75, 3.05) is 0 Å². The van der Waals surface area contributed by atoms with Gasteiger partial charge in [0.05, 0.1) is 0 Å². The zero-order chi connectivity index (χ0) is 8.81. The molecule has 12 heavy (non-hydrogen) atoms. The number of thiocarbonyl (C=S) groups is 1. The first-order valence-electron chi connectivity index (χ1n) is 3.72. The van der Waals surface area contributed by atoms with E-state index >= 15 is 0 Å². The second kappa shape index (κ2) is 4.67. The lowest BCUT2D eigenvalue weighted by atomic mass is 10.3. The Morgan fingerprint density at radius 1 is 1.33 bits per heavy atom. The normalized spacial score (nSPS) is 10.1. The molecule has 0 aromatic heterocycles. The molecule has 0 saturated carbocycles. The van der Waals surface area contributed by atoms with Crippen LogP contribution in [-0.4, -0.2) is 5.05 Å². The Morgan fingerprint density at radius 3 is 2.58 bits per heavy atom. The monoisotopic (exact) mass is 178 g/mol. The highest BCUT2D eigenvalue weighted by Crippen LogP contribution is 2.08. The van der Waals surface area contributed by atoms with E-state index < -0.39 is 0 Å². The standard InChI is InChI=1S/C10H10OS/c1-2-6-10(12)11-9-7-4-3-5-8-9/h2-8H,1H3. The summed E-state index contributed by atoms with van der Waals surface area (Å²) in [6.45, 7) is 1.90. The van der Waals surface area contributed by atoms with Crippen LogP contribution < -0.4 is 4.74 Å². The van der Waals surface area contributed by atoms with Crippen LogP contribution in [0.4, 0.5) is 0 Å². The summed E-state index contributed by atoms with van der Waals surface area (Å²) in [4.78, 5) is 0. The molecule has 0 unspecified atom stereocenters. The fourth-order valence-corrected chi connectivity index (χ4v) is 1.01.